The Morgan fingerprint density at radius 2 is 1.78 bits per heavy atom. The third kappa shape index (κ3) is 4.14. The summed E-state index contributed by atoms with van der Waals surface area (Å²) in [6, 6.07) is 15.0. The zero-order chi connectivity index (χ0) is 19.6. The van der Waals surface area contributed by atoms with Crippen LogP contribution in [0.3, 0.4) is 0 Å². The molecule has 0 spiro atoms. The van der Waals surface area contributed by atoms with Gasteiger partial charge in [-0.25, -0.2) is 4.68 Å². The maximum atomic E-state index is 12.5. The highest BCUT2D eigenvalue weighted by Crippen LogP contribution is 2.22. The molecule has 5 nitrogen and oxygen atoms in total. The van der Waals surface area contributed by atoms with Crippen molar-refractivity contribution in [1.82, 2.24) is 9.78 Å². The van der Waals surface area contributed by atoms with E-state index in [1.807, 2.05) is 64.1 Å². The first-order valence-electron chi connectivity index (χ1n) is 8.87. The van der Waals surface area contributed by atoms with Gasteiger partial charge in [-0.1, -0.05) is 29.8 Å². The van der Waals surface area contributed by atoms with E-state index in [9.17, 15) is 9.59 Å². The first-order chi connectivity index (χ1) is 12.8. The van der Waals surface area contributed by atoms with Gasteiger partial charge in [0.1, 0.15) is 6.54 Å². The number of aromatic nitrogens is 2. The zero-order valence-electron chi connectivity index (χ0n) is 16.0. The molecule has 1 aromatic heterocycles. The Bertz CT molecular complexity index is 1070. The van der Waals surface area contributed by atoms with Crippen LogP contribution in [-0.2, 0) is 11.3 Å². The molecule has 0 radical (unpaired) electrons. The van der Waals surface area contributed by atoms with Gasteiger partial charge < -0.3 is 5.32 Å². The minimum Gasteiger partial charge on any atom is -0.324 e. The Balaban J connectivity index is 1.87. The number of nitrogens with one attached hydrogen (secondary N) is 1. The van der Waals surface area contributed by atoms with Gasteiger partial charge in [-0.2, -0.15) is 5.10 Å². The van der Waals surface area contributed by atoms with Crippen molar-refractivity contribution in [3.63, 3.8) is 0 Å². The van der Waals surface area contributed by atoms with Crippen molar-refractivity contribution in [1.29, 1.82) is 0 Å². The SMILES string of the molecule is Cc1ccc(C)c(-c2ccc(=O)n(CC(=O)Nc3cccc(C)c3C)n2)c1. The number of hydrogen-bond donors (Lipinski definition) is 1. The smallest absolute Gasteiger partial charge is 0.267 e. The topological polar surface area (TPSA) is 64.0 Å². The lowest BCUT2D eigenvalue weighted by Crippen LogP contribution is -2.29. The van der Waals surface area contributed by atoms with E-state index in [4.69, 9.17) is 0 Å². The van der Waals surface area contributed by atoms with E-state index < -0.39 is 0 Å². The number of carbonyl (C=O) groups excluding carboxylic acids is 1. The Hall–Kier alpha value is -3.21. The molecule has 0 aliphatic heterocycles. The van der Waals surface area contributed by atoms with Gasteiger partial charge in [0, 0.05) is 17.3 Å². The van der Waals surface area contributed by atoms with Crippen molar-refractivity contribution in [2.75, 3.05) is 5.32 Å². The zero-order valence-corrected chi connectivity index (χ0v) is 16.0. The van der Waals surface area contributed by atoms with Crippen molar-refractivity contribution in [2.45, 2.75) is 34.2 Å². The highest BCUT2D eigenvalue weighted by atomic mass is 16.2. The quantitative estimate of drug-likeness (QED) is 0.769. The summed E-state index contributed by atoms with van der Waals surface area (Å²) in [5.41, 5.74) is 6.36. The Morgan fingerprint density at radius 1 is 1.00 bits per heavy atom. The van der Waals surface area contributed by atoms with Crippen molar-refractivity contribution in [3.05, 3.63) is 81.1 Å². The molecule has 5 heteroatoms. The Morgan fingerprint density at radius 3 is 2.56 bits per heavy atom. The predicted octanol–water partition coefficient (Wildman–Crippen LogP) is 3.78. The Labute approximate surface area is 158 Å². The first kappa shape index (κ1) is 18.6. The monoisotopic (exact) mass is 361 g/mol. The molecule has 1 heterocycles. The third-order valence-electron chi connectivity index (χ3n) is 4.71. The van der Waals surface area contributed by atoms with Crippen LogP contribution in [0.2, 0.25) is 0 Å². The van der Waals surface area contributed by atoms with Gasteiger partial charge in [0.25, 0.3) is 5.56 Å². The largest absolute Gasteiger partial charge is 0.324 e. The van der Waals surface area contributed by atoms with Crippen molar-refractivity contribution in [2.24, 2.45) is 0 Å². The molecule has 0 bridgehead atoms. The Kier molecular flexibility index (Phi) is 5.21. The highest BCUT2D eigenvalue weighted by Gasteiger charge is 2.11. The molecule has 27 heavy (non-hydrogen) atoms. The molecule has 0 unspecified atom stereocenters. The van der Waals surface area contributed by atoms with E-state index in [0.29, 0.717) is 5.69 Å². The number of amides is 1. The number of benzene rings is 2. The minimum absolute atomic E-state index is 0.134. The summed E-state index contributed by atoms with van der Waals surface area (Å²) >= 11 is 0. The van der Waals surface area contributed by atoms with E-state index in [1.165, 1.54) is 10.7 Å². The molecule has 0 aliphatic carbocycles. The van der Waals surface area contributed by atoms with Gasteiger partial charge in [0.05, 0.1) is 5.69 Å². The second kappa shape index (κ2) is 7.58. The summed E-state index contributed by atoms with van der Waals surface area (Å²) in [6.07, 6.45) is 0. The fraction of sp³-hybridized carbons (Fsp3) is 0.227. The average molecular weight is 361 g/mol. The molecule has 0 atom stereocenters. The normalized spacial score (nSPS) is 10.7. The summed E-state index contributed by atoms with van der Waals surface area (Å²) in [6.45, 7) is 7.82. The van der Waals surface area contributed by atoms with Crippen LogP contribution in [0.1, 0.15) is 22.3 Å². The number of carbonyl (C=O) groups is 1. The number of anilines is 1. The molecule has 138 valence electrons. The first-order valence-corrected chi connectivity index (χ1v) is 8.87. The van der Waals surface area contributed by atoms with E-state index in [2.05, 4.69) is 10.4 Å². The molecule has 3 aromatic rings. The number of rotatable bonds is 4. The van der Waals surface area contributed by atoms with Crippen LogP contribution in [0.15, 0.2) is 53.3 Å². The van der Waals surface area contributed by atoms with Crippen molar-refractivity contribution in [3.8, 4) is 11.3 Å². The van der Waals surface area contributed by atoms with Crippen molar-refractivity contribution >= 4 is 11.6 Å². The molecule has 0 saturated heterocycles. The number of nitrogens with zero attached hydrogens (tertiary/aromatic N) is 2. The standard InChI is InChI=1S/C22H23N3O2/c1-14-8-9-16(3)18(12-14)20-10-11-22(27)25(24-20)13-21(26)23-19-7-5-6-15(2)17(19)4/h5-12H,13H2,1-4H3,(H,23,26). The van der Waals surface area contributed by atoms with Crippen LogP contribution in [0, 0.1) is 27.7 Å². The predicted molar refractivity (Wildman–Crippen MR) is 108 cm³/mol. The lowest BCUT2D eigenvalue weighted by atomic mass is 10.0. The van der Waals surface area contributed by atoms with Gasteiger partial charge in [-0.3, -0.25) is 9.59 Å². The lowest BCUT2D eigenvalue weighted by molar-refractivity contribution is -0.117. The highest BCUT2D eigenvalue weighted by molar-refractivity contribution is 5.91. The third-order valence-corrected chi connectivity index (χ3v) is 4.71. The molecule has 2 aromatic carbocycles. The average Bonchev–Trinajstić information content (AvgIpc) is 2.63. The summed E-state index contributed by atoms with van der Waals surface area (Å²) in [7, 11) is 0. The maximum Gasteiger partial charge on any atom is 0.267 e. The molecule has 1 amide bonds. The maximum absolute atomic E-state index is 12.5. The number of aryl methyl sites for hydroxylation is 3. The van der Waals surface area contributed by atoms with E-state index in [0.717, 1.165) is 33.5 Å². The minimum atomic E-state index is -0.305. The molecular weight excluding hydrogens is 338 g/mol. The summed E-state index contributed by atoms with van der Waals surface area (Å²) in [5.74, 6) is -0.281. The van der Waals surface area contributed by atoms with Gasteiger partial charge in [-0.15, -0.1) is 0 Å². The van der Waals surface area contributed by atoms with Crippen LogP contribution in [0.25, 0.3) is 11.3 Å². The van der Waals surface area contributed by atoms with E-state index >= 15 is 0 Å². The second-order valence-electron chi connectivity index (χ2n) is 6.83. The van der Waals surface area contributed by atoms with Gasteiger partial charge in [0.2, 0.25) is 5.91 Å². The molecule has 1 N–H and O–H groups in total. The van der Waals surface area contributed by atoms with Crippen molar-refractivity contribution < 1.29 is 4.79 Å². The fourth-order valence-corrected chi connectivity index (χ4v) is 2.93. The van der Waals surface area contributed by atoms with E-state index in [1.54, 1.807) is 6.07 Å². The summed E-state index contributed by atoms with van der Waals surface area (Å²) in [5, 5.41) is 7.28. The van der Waals surface area contributed by atoms with Gasteiger partial charge >= 0.3 is 0 Å². The van der Waals surface area contributed by atoms with E-state index in [-0.39, 0.29) is 18.0 Å². The summed E-state index contributed by atoms with van der Waals surface area (Å²) in [4.78, 5) is 24.6. The molecule has 0 fully saturated rings. The van der Waals surface area contributed by atoms with Crippen LogP contribution in [0.5, 0.6) is 0 Å². The molecule has 0 aliphatic rings. The fourth-order valence-electron chi connectivity index (χ4n) is 2.93. The molecular formula is C22H23N3O2. The van der Waals surface area contributed by atoms with Gasteiger partial charge in [-0.05, 0) is 62.6 Å². The molecule has 3 rings (SSSR count). The van der Waals surface area contributed by atoms with Crippen LogP contribution < -0.4 is 10.9 Å². The number of hydrogen-bond acceptors (Lipinski definition) is 3. The van der Waals surface area contributed by atoms with Gasteiger partial charge in [0.15, 0.2) is 0 Å². The van der Waals surface area contributed by atoms with Crippen LogP contribution in [0.4, 0.5) is 5.69 Å². The van der Waals surface area contributed by atoms with Crippen LogP contribution in [-0.4, -0.2) is 15.7 Å². The molecule has 0 saturated carbocycles. The summed E-state index contributed by atoms with van der Waals surface area (Å²) < 4.78 is 1.21. The lowest BCUT2D eigenvalue weighted by Gasteiger charge is -2.12. The van der Waals surface area contributed by atoms with Crippen LogP contribution >= 0.6 is 0 Å². The second-order valence-corrected chi connectivity index (χ2v) is 6.83.